The molecule has 0 radical (unpaired) electrons. The van der Waals surface area contributed by atoms with E-state index in [1.165, 1.54) is 10.6 Å². The third-order valence-electron chi connectivity index (χ3n) is 2.33. The van der Waals surface area contributed by atoms with Crippen LogP contribution in [0.1, 0.15) is 0 Å². The van der Waals surface area contributed by atoms with Crippen molar-refractivity contribution in [1.82, 2.24) is 9.55 Å². The summed E-state index contributed by atoms with van der Waals surface area (Å²) in [5.41, 5.74) is 4.31. The summed E-state index contributed by atoms with van der Waals surface area (Å²) in [6, 6.07) is 6.97. The van der Waals surface area contributed by atoms with Gasteiger partial charge in [-0.3, -0.25) is 4.79 Å². The fourth-order valence-corrected chi connectivity index (χ4v) is 1.41. The van der Waals surface area contributed by atoms with E-state index in [9.17, 15) is 4.79 Å². The lowest BCUT2D eigenvalue weighted by Crippen LogP contribution is -2.14. The quantitative estimate of drug-likeness (QED) is 0.573. The lowest BCUT2D eigenvalue weighted by molar-refractivity contribution is 0.862. The molecule has 3 N–H and O–H groups in total. The van der Waals surface area contributed by atoms with Crippen LogP contribution in [-0.4, -0.2) is 9.55 Å². The van der Waals surface area contributed by atoms with Gasteiger partial charge in [0.1, 0.15) is 5.82 Å². The van der Waals surface area contributed by atoms with E-state index in [2.05, 4.69) is 10.4 Å². The minimum Gasteiger partial charge on any atom is -0.318 e. The van der Waals surface area contributed by atoms with E-state index in [0.717, 1.165) is 11.1 Å². The van der Waals surface area contributed by atoms with Crippen LogP contribution in [0.2, 0.25) is 0 Å². The molecule has 0 spiro atoms. The van der Waals surface area contributed by atoms with Gasteiger partial charge in [-0.1, -0.05) is 0 Å². The average Bonchev–Trinajstić information content (AvgIpc) is 2.33. The Hall–Kier alpha value is -2.14. The first-order valence-corrected chi connectivity index (χ1v) is 4.80. The van der Waals surface area contributed by atoms with Crippen molar-refractivity contribution in [3.63, 3.8) is 0 Å². The van der Waals surface area contributed by atoms with E-state index >= 15 is 0 Å². The van der Waals surface area contributed by atoms with E-state index in [1.54, 1.807) is 31.6 Å². The summed E-state index contributed by atoms with van der Waals surface area (Å²) in [5.74, 6) is 5.83. The predicted octanol–water partition coefficient (Wildman–Crippen LogP) is 0.733. The number of nitrogens with zero attached hydrogens (tertiary/aromatic N) is 2. The number of rotatable bonds is 2. The second-order valence-corrected chi connectivity index (χ2v) is 3.44. The third kappa shape index (κ3) is 1.94. The van der Waals surface area contributed by atoms with Crippen LogP contribution in [0.4, 0.5) is 5.82 Å². The number of aryl methyl sites for hydroxylation is 1. The molecule has 2 heterocycles. The first-order valence-electron chi connectivity index (χ1n) is 4.80. The van der Waals surface area contributed by atoms with Crippen LogP contribution in [0, 0.1) is 0 Å². The Balaban J connectivity index is 2.42. The Labute approximate surface area is 92.5 Å². The summed E-state index contributed by atoms with van der Waals surface area (Å²) in [7, 11) is 1.72. The zero-order valence-electron chi connectivity index (χ0n) is 8.84. The van der Waals surface area contributed by atoms with E-state index in [1.807, 2.05) is 6.07 Å². The molecule has 0 amide bonds. The van der Waals surface area contributed by atoms with Crippen LogP contribution < -0.4 is 16.8 Å². The van der Waals surface area contributed by atoms with Gasteiger partial charge in [-0.05, 0) is 23.8 Å². The van der Waals surface area contributed by atoms with Crippen molar-refractivity contribution in [2.45, 2.75) is 0 Å². The molecule has 0 bridgehead atoms. The minimum atomic E-state index is -0.0306. The largest absolute Gasteiger partial charge is 0.318 e. The maximum Gasteiger partial charge on any atom is 0.250 e. The van der Waals surface area contributed by atoms with Gasteiger partial charge in [-0.25, -0.2) is 10.8 Å². The van der Waals surface area contributed by atoms with Crippen LogP contribution >= 0.6 is 0 Å². The Kier molecular flexibility index (Phi) is 2.70. The first kappa shape index (κ1) is 10.4. The highest BCUT2D eigenvalue weighted by Crippen LogP contribution is 2.17. The molecule has 0 saturated carbocycles. The topological polar surface area (TPSA) is 72.9 Å². The fourth-order valence-electron chi connectivity index (χ4n) is 1.41. The molecule has 0 aliphatic carbocycles. The maximum absolute atomic E-state index is 11.2. The van der Waals surface area contributed by atoms with Gasteiger partial charge in [0.15, 0.2) is 0 Å². The Morgan fingerprint density at radius 1 is 1.25 bits per heavy atom. The van der Waals surface area contributed by atoms with Crippen LogP contribution in [0.5, 0.6) is 0 Å². The van der Waals surface area contributed by atoms with Gasteiger partial charge >= 0.3 is 0 Å². The molecular weight excluding hydrogens is 204 g/mol. The van der Waals surface area contributed by atoms with Gasteiger partial charge in [0.05, 0.1) is 0 Å². The van der Waals surface area contributed by atoms with Gasteiger partial charge in [0.25, 0.3) is 0 Å². The second-order valence-electron chi connectivity index (χ2n) is 3.44. The number of aromatic nitrogens is 2. The van der Waals surface area contributed by atoms with Gasteiger partial charge in [0.2, 0.25) is 5.56 Å². The van der Waals surface area contributed by atoms with Crippen molar-refractivity contribution in [3.8, 4) is 11.1 Å². The van der Waals surface area contributed by atoms with Crippen molar-refractivity contribution in [2.24, 2.45) is 12.9 Å². The molecule has 0 saturated heterocycles. The van der Waals surface area contributed by atoms with Crippen LogP contribution in [-0.2, 0) is 7.05 Å². The van der Waals surface area contributed by atoms with Crippen molar-refractivity contribution < 1.29 is 0 Å². The number of hydrazine groups is 1. The van der Waals surface area contributed by atoms with Crippen molar-refractivity contribution in [2.75, 3.05) is 5.43 Å². The SMILES string of the molecule is Cn1cc(-c2ccc(NN)nc2)ccc1=O. The zero-order valence-corrected chi connectivity index (χ0v) is 8.84. The summed E-state index contributed by atoms with van der Waals surface area (Å²) >= 11 is 0. The van der Waals surface area contributed by atoms with Crippen LogP contribution in [0.3, 0.4) is 0 Å². The van der Waals surface area contributed by atoms with Gasteiger partial charge < -0.3 is 9.99 Å². The first-order chi connectivity index (χ1) is 7.70. The molecule has 0 aliphatic heterocycles. The molecule has 16 heavy (non-hydrogen) atoms. The molecule has 82 valence electrons. The zero-order chi connectivity index (χ0) is 11.5. The number of nitrogen functional groups attached to an aromatic ring is 1. The Bertz CT molecular complexity index is 545. The molecule has 2 rings (SSSR count). The van der Waals surface area contributed by atoms with Crippen molar-refractivity contribution in [1.29, 1.82) is 0 Å². The molecule has 5 nitrogen and oxygen atoms in total. The average molecular weight is 216 g/mol. The predicted molar refractivity (Wildman–Crippen MR) is 62.7 cm³/mol. The summed E-state index contributed by atoms with van der Waals surface area (Å²) < 4.78 is 1.53. The van der Waals surface area contributed by atoms with E-state index in [-0.39, 0.29) is 5.56 Å². The number of nitrogens with two attached hydrogens (primary N) is 1. The van der Waals surface area contributed by atoms with E-state index < -0.39 is 0 Å². The third-order valence-corrected chi connectivity index (χ3v) is 2.33. The Morgan fingerprint density at radius 2 is 2.00 bits per heavy atom. The monoisotopic (exact) mass is 216 g/mol. The number of pyridine rings is 2. The molecule has 2 aromatic heterocycles. The molecule has 0 unspecified atom stereocenters. The van der Waals surface area contributed by atoms with Crippen LogP contribution in [0.25, 0.3) is 11.1 Å². The fraction of sp³-hybridized carbons (Fsp3) is 0.0909. The van der Waals surface area contributed by atoms with Crippen LogP contribution in [0.15, 0.2) is 41.5 Å². The molecular formula is C11H12N4O. The number of hydrogen-bond acceptors (Lipinski definition) is 4. The number of nitrogens with one attached hydrogen (secondary N) is 1. The normalized spacial score (nSPS) is 10.1. The lowest BCUT2D eigenvalue weighted by atomic mass is 10.1. The molecule has 0 aliphatic rings. The van der Waals surface area contributed by atoms with Crippen molar-refractivity contribution in [3.05, 3.63) is 47.0 Å². The van der Waals surface area contributed by atoms with Gasteiger partial charge in [-0.15, -0.1) is 0 Å². The molecule has 0 atom stereocenters. The van der Waals surface area contributed by atoms with Gasteiger partial charge in [-0.2, -0.15) is 0 Å². The number of hydrogen-bond donors (Lipinski definition) is 2. The van der Waals surface area contributed by atoms with E-state index in [0.29, 0.717) is 5.82 Å². The van der Waals surface area contributed by atoms with Crippen molar-refractivity contribution >= 4 is 5.82 Å². The van der Waals surface area contributed by atoms with E-state index in [4.69, 9.17) is 5.84 Å². The molecule has 0 fully saturated rings. The molecule has 5 heteroatoms. The molecule has 0 aromatic carbocycles. The lowest BCUT2D eigenvalue weighted by Gasteiger charge is -2.04. The standard InChI is InChI=1S/C11H12N4O/c1-15-7-9(3-5-11(15)16)8-2-4-10(14-12)13-6-8/h2-7H,12H2,1H3,(H,13,14). The second kappa shape index (κ2) is 4.16. The van der Waals surface area contributed by atoms with Gasteiger partial charge in [0, 0.05) is 31.1 Å². The highest BCUT2D eigenvalue weighted by atomic mass is 16.1. The Morgan fingerprint density at radius 3 is 2.56 bits per heavy atom. The maximum atomic E-state index is 11.2. The highest BCUT2D eigenvalue weighted by Gasteiger charge is 1.99. The molecule has 2 aromatic rings. The highest BCUT2D eigenvalue weighted by molar-refractivity contribution is 5.62. The minimum absolute atomic E-state index is 0.0306. The summed E-state index contributed by atoms with van der Waals surface area (Å²) in [5, 5.41) is 0. The summed E-state index contributed by atoms with van der Waals surface area (Å²) in [6.07, 6.45) is 3.48. The smallest absolute Gasteiger partial charge is 0.250 e. The summed E-state index contributed by atoms with van der Waals surface area (Å²) in [4.78, 5) is 15.3. The number of anilines is 1. The summed E-state index contributed by atoms with van der Waals surface area (Å²) in [6.45, 7) is 0.